The van der Waals surface area contributed by atoms with Crippen molar-refractivity contribution >= 4 is 15.9 Å². The molecule has 3 atom stereocenters. The summed E-state index contributed by atoms with van der Waals surface area (Å²) in [5, 5.41) is 10.2. The van der Waals surface area contributed by atoms with Crippen LogP contribution in [0.5, 0.6) is 0 Å². The lowest BCUT2D eigenvalue weighted by atomic mass is 9.92. The molecule has 0 spiro atoms. The molecule has 3 rings (SSSR count). The van der Waals surface area contributed by atoms with Gasteiger partial charge in [-0.25, -0.2) is 4.39 Å². The van der Waals surface area contributed by atoms with Crippen molar-refractivity contribution in [2.75, 3.05) is 0 Å². The quantitative estimate of drug-likeness (QED) is 0.905. The number of benzene rings is 1. The summed E-state index contributed by atoms with van der Waals surface area (Å²) in [4.78, 5) is 0. The Hall–Kier alpha value is -0.410. The van der Waals surface area contributed by atoms with Crippen molar-refractivity contribution in [2.24, 2.45) is 17.8 Å². The first kappa shape index (κ1) is 11.7. The maximum absolute atomic E-state index is 13.1. The Morgan fingerprint density at radius 2 is 2.00 bits per heavy atom. The summed E-state index contributed by atoms with van der Waals surface area (Å²) in [7, 11) is 0. The monoisotopic (exact) mass is 298 g/mol. The number of aliphatic hydroxyl groups is 1. The second-order valence-electron chi connectivity index (χ2n) is 5.49. The second kappa shape index (κ2) is 4.36. The minimum Gasteiger partial charge on any atom is -0.392 e. The largest absolute Gasteiger partial charge is 0.392 e. The summed E-state index contributed by atoms with van der Waals surface area (Å²) in [6.45, 7) is 0. The van der Waals surface area contributed by atoms with Gasteiger partial charge in [0.25, 0.3) is 0 Å². The minimum atomic E-state index is -0.319. The predicted octanol–water partition coefficient (Wildman–Crippen LogP) is 3.54. The minimum absolute atomic E-state index is 0.232. The van der Waals surface area contributed by atoms with Crippen LogP contribution in [0, 0.1) is 23.6 Å². The highest BCUT2D eigenvalue weighted by Crippen LogP contribution is 2.55. The van der Waals surface area contributed by atoms with Crippen LogP contribution < -0.4 is 0 Å². The Labute approximate surface area is 109 Å². The molecule has 92 valence electrons. The molecule has 2 saturated carbocycles. The van der Waals surface area contributed by atoms with Crippen molar-refractivity contribution in [1.82, 2.24) is 0 Å². The van der Waals surface area contributed by atoms with E-state index in [0.717, 1.165) is 21.9 Å². The van der Waals surface area contributed by atoms with Gasteiger partial charge in [0.2, 0.25) is 0 Å². The SMILES string of the molecule is OC(Cc1cc(F)ccc1Br)C1CC2CC2C1. The maximum atomic E-state index is 13.1. The zero-order valence-corrected chi connectivity index (χ0v) is 11.2. The van der Waals surface area contributed by atoms with Crippen molar-refractivity contribution in [2.45, 2.75) is 31.8 Å². The maximum Gasteiger partial charge on any atom is 0.123 e. The number of fused-ring (bicyclic) bond motifs is 1. The highest BCUT2D eigenvalue weighted by atomic mass is 79.9. The third kappa shape index (κ3) is 2.41. The van der Waals surface area contributed by atoms with Crippen molar-refractivity contribution < 1.29 is 9.50 Å². The normalized spacial score (nSPS) is 32.3. The Morgan fingerprint density at radius 1 is 1.29 bits per heavy atom. The van der Waals surface area contributed by atoms with Gasteiger partial charge in [-0.1, -0.05) is 15.9 Å². The van der Waals surface area contributed by atoms with Crippen LogP contribution in [0.3, 0.4) is 0 Å². The van der Waals surface area contributed by atoms with Crippen LogP contribution in [0.15, 0.2) is 22.7 Å². The molecule has 2 aliphatic carbocycles. The molecule has 1 N–H and O–H groups in total. The third-order valence-electron chi connectivity index (χ3n) is 4.26. The molecule has 0 aliphatic heterocycles. The summed E-state index contributed by atoms with van der Waals surface area (Å²) in [6, 6.07) is 4.66. The van der Waals surface area contributed by atoms with Crippen molar-refractivity contribution in [3.8, 4) is 0 Å². The van der Waals surface area contributed by atoms with Gasteiger partial charge in [-0.05, 0) is 67.2 Å². The van der Waals surface area contributed by atoms with Crippen LogP contribution in [0.25, 0.3) is 0 Å². The fourth-order valence-electron chi connectivity index (χ4n) is 3.17. The molecule has 17 heavy (non-hydrogen) atoms. The molecule has 2 aliphatic rings. The lowest BCUT2D eigenvalue weighted by Gasteiger charge is -2.20. The van der Waals surface area contributed by atoms with Crippen molar-refractivity contribution in [3.63, 3.8) is 0 Å². The van der Waals surface area contributed by atoms with Crippen LogP contribution in [0.4, 0.5) is 4.39 Å². The molecule has 1 aromatic carbocycles. The average molecular weight is 299 g/mol. The standard InChI is InChI=1S/C14H16BrFO/c15-13-2-1-12(16)6-10(13)7-14(17)11-4-8-3-9(8)5-11/h1-2,6,8-9,11,14,17H,3-5,7H2. The van der Waals surface area contributed by atoms with Gasteiger partial charge < -0.3 is 5.11 Å². The zero-order chi connectivity index (χ0) is 12.0. The van der Waals surface area contributed by atoms with E-state index in [2.05, 4.69) is 15.9 Å². The van der Waals surface area contributed by atoms with Gasteiger partial charge in [0, 0.05) is 4.47 Å². The Bertz CT molecular complexity index is 424. The number of rotatable bonds is 3. The van der Waals surface area contributed by atoms with E-state index in [1.165, 1.54) is 31.4 Å². The Morgan fingerprint density at radius 3 is 2.71 bits per heavy atom. The molecular weight excluding hydrogens is 283 g/mol. The van der Waals surface area contributed by atoms with E-state index in [1.807, 2.05) is 0 Å². The van der Waals surface area contributed by atoms with E-state index in [-0.39, 0.29) is 11.9 Å². The van der Waals surface area contributed by atoms with E-state index >= 15 is 0 Å². The lowest BCUT2D eigenvalue weighted by molar-refractivity contribution is 0.104. The van der Waals surface area contributed by atoms with Crippen molar-refractivity contribution in [1.29, 1.82) is 0 Å². The lowest BCUT2D eigenvalue weighted by Crippen LogP contribution is -2.22. The van der Waals surface area contributed by atoms with Gasteiger partial charge >= 0.3 is 0 Å². The summed E-state index contributed by atoms with van der Waals surface area (Å²) in [5.41, 5.74) is 0.873. The van der Waals surface area contributed by atoms with Crippen LogP contribution >= 0.6 is 15.9 Å². The molecule has 1 aromatic rings. The molecule has 0 aromatic heterocycles. The molecule has 3 heteroatoms. The first-order valence-electron chi connectivity index (χ1n) is 6.25. The molecule has 0 bridgehead atoms. The van der Waals surface area contributed by atoms with E-state index in [1.54, 1.807) is 6.07 Å². The van der Waals surface area contributed by atoms with E-state index in [4.69, 9.17) is 0 Å². The van der Waals surface area contributed by atoms with Gasteiger partial charge in [-0.3, -0.25) is 0 Å². The number of hydrogen-bond acceptors (Lipinski definition) is 1. The van der Waals surface area contributed by atoms with Crippen LogP contribution in [-0.4, -0.2) is 11.2 Å². The van der Waals surface area contributed by atoms with Crippen LogP contribution in [0.2, 0.25) is 0 Å². The van der Waals surface area contributed by atoms with Gasteiger partial charge in [0.1, 0.15) is 5.82 Å². The Kier molecular flexibility index (Phi) is 2.99. The summed E-state index contributed by atoms with van der Waals surface area (Å²) in [6.07, 6.45) is 3.94. The summed E-state index contributed by atoms with van der Waals surface area (Å²) >= 11 is 3.41. The fourth-order valence-corrected chi connectivity index (χ4v) is 3.58. The number of halogens is 2. The van der Waals surface area contributed by atoms with Crippen molar-refractivity contribution in [3.05, 3.63) is 34.1 Å². The molecule has 0 radical (unpaired) electrons. The smallest absolute Gasteiger partial charge is 0.123 e. The molecular formula is C14H16BrFO. The first-order chi connectivity index (χ1) is 8.13. The predicted molar refractivity (Wildman–Crippen MR) is 68.1 cm³/mol. The highest BCUT2D eigenvalue weighted by molar-refractivity contribution is 9.10. The molecule has 0 amide bonds. The average Bonchev–Trinajstić information content (AvgIpc) is 2.91. The molecule has 0 heterocycles. The second-order valence-corrected chi connectivity index (χ2v) is 6.35. The number of hydrogen-bond donors (Lipinski definition) is 1. The van der Waals surface area contributed by atoms with E-state index in [9.17, 15) is 9.50 Å². The summed E-state index contributed by atoms with van der Waals surface area (Å²) < 4.78 is 14.0. The van der Waals surface area contributed by atoms with Crippen LogP contribution in [-0.2, 0) is 6.42 Å². The van der Waals surface area contributed by atoms with Gasteiger partial charge in [-0.2, -0.15) is 0 Å². The molecule has 3 unspecified atom stereocenters. The van der Waals surface area contributed by atoms with E-state index in [0.29, 0.717) is 12.3 Å². The topological polar surface area (TPSA) is 20.2 Å². The first-order valence-corrected chi connectivity index (χ1v) is 7.05. The third-order valence-corrected chi connectivity index (χ3v) is 5.03. The van der Waals surface area contributed by atoms with Crippen LogP contribution in [0.1, 0.15) is 24.8 Å². The number of aliphatic hydroxyl groups excluding tert-OH is 1. The van der Waals surface area contributed by atoms with Gasteiger partial charge in [0.05, 0.1) is 6.10 Å². The van der Waals surface area contributed by atoms with Gasteiger partial charge in [0.15, 0.2) is 0 Å². The van der Waals surface area contributed by atoms with E-state index < -0.39 is 0 Å². The fraction of sp³-hybridized carbons (Fsp3) is 0.571. The summed E-state index contributed by atoms with van der Waals surface area (Å²) in [5.74, 6) is 1.95. The molecule has 1 nitrogen and oxygen atoms in total. The molecule has 2 fully saturated rings. The molecule has 0 saturated heterocycles. The Balaban J connectivity index is 1.67. The highest BCUT2D eigenvalue weighted by Gasteiger charge is 2.47. The van der Waals surface area contributed by atoms with Gasteiger partial charge in [-0.15, -0.1) is 0 Å². The zero-order valence-electron chi connectivity index (χ0n) is 9.57.